The van der Waals surface area contributed by atoms with Gasteiger partial charge in [0.2, 0.25) is 5.91 Å². The van der Waals surface area contributed by atoms with Crippen molar-refractivity contribution in [3.63, 3.8) is 0 Å². The second-order valence-electron chi connectivity index (χ2n) is 8.43. The molecular formula is C23H36N2O4. The smallest absolute Gasteiger partial charge is 0.355 e. The Morgan fingerprint density at radius 1 is 1.14 bits per heavy atom. The van der Waals surface area contributed by atoms with Crippen LogP contribution < -0.4 is 0 Å². The van der Waals surface area contributed by atoms with E-state index in [4.69, 9.17) is 4.74 Å². The van der Waals surface area contributed by atoms with E-state index in [0.29, 0.717) is 35.8 Å². The quantitative estimate of drug-likeness (QED) is 0.434. The van der Waals surface area contributed by atoms with Gasteiger partial charge in [0.05, 0.1) is 12.6 Å². The third-order valence-corrected chi connectivity index (χ3v) is 5.80. The van der Waals surface area contributed by atoms with E-state index >= 15 is 0 Å². The molecule has 1 saturated carbocycles. The molecule has 1 fully saturated rings. The number of rotatable bonds is 10. The Balaban J connectivity index is 2.40. The molecule has 6 heteroatoms. The molecule has 1 amide bonds. The Morgan fingerprint density at radius 3 is 2.24 bits per heavy atom. The Labute approximate surface area is 174 Å². The molecule has 6 nitrogen and oxygen atoms in total. The van der Waals surface area contributed by atoms with Crippen molar-refractivity contribution >= 4 is 17.7 Å². The zero-order chi connectivity index (χ0) is 21.9. The van der Waals surface area contributed by atoms with Gasteiger partial charge >= 0.3 is 5.97 Å². The lowest BCUT2D eigenvalue weighted by Crippen LogP contribution is -2.45. The summed E-state index contributed by atoms with van der Waals surface area (Å²) in [6.45, 7) is 14.9. The molecule has 1 aromatic rings. The van der Waals surface area contributed by atoms with Crippen molar-refractivity contribution in [3.05, 3.63) is 22.5 Å². The van der Waals surface area contributed by atoms with Crippen LogP contribution in [0.1, 0.15) is 86.0 Å². The van der Waals surface area contributed by atoms with E-state index in [-0.39, 0.29) is 24.2 Å². The van der Waals surface area contributed by atoms with Gasteiger partial charge in [0, 0.05) is 30.3 Å². The van der Waals surface area contributed by atoms with E-state index in [2.05, 4.69) is 13.8 Å². The van der Waals surface area contributed by atoms with Crippen LogP contribution in [0, 0.1) is 25.7 Å². The van der Waals surface area contributed by atoms with Crippen LogP contribution in [0.4, 0.5) is 0 Å². The van der Waals surface area contributed by atoms with E-state index in [1.807, 2.05) is 25.3 Å². The topological polar surface area (TPSA) is 68.6 Å². The summed E-state index contributed by atoms with van der Waals surface area (Å²) in [5.41, 5.74) is 2.38. The van der Waals surface area contributed by atoms with Gasteiger partial charge in [-0.05, 0) is 65.4 Å². The Morgan fingerprint density at radius 2 is 1.76 bits per heavy atom. The highest BCUT2D eigenvalue weighted by molar-refractivity contribution is 6.06. The van der Waals surface area contributed by atoms with Crippen molar-refractivity contribution in [2.45, 2.75) is 80.3 Å². The second kappa shape index (κ2) is 9.59. The van der Waals surface area contributed by atoms with Crippen LogP contribution in [0.2, 0.25) is 0 Å². The molecule has 1 heterocycles. The molecule has 2 rings (SSSR count). The van der Waals surface area contributed by atoms with Gasteiger partial charge < -0.3 is 14.2 Å². The average molecular weight is 405 g/mol. The predicted octanol–water partition coefficient (Wildman–Crippen LogP) is 4.16. The first kappa shape index (κ1) is 23.2. The van der Waals surface area contributed by atoms with Crippen LogP contribution in [0.3, 0.4) is 0 Å². The number of Topliss-reactive ketones (excluding diaryl/α,β-unsaturated/α-hetero) is 1. The number of nitrogens with zero attached hydrogens (tertiary/aromatic N) is 2. The van der Waals surface area contributed by atoms with Gasteiger partial charge in [-0.2, -0.15) is 0 Å². The van der Waals surface area contributed by atoms with Crippen molar-refractivity contribution in [1.29, 1.82) is 0 Å². The summed E-state index contributed by atoms with van der Waals surface area (Å²) in [5, 5.41) is 0. The van der Waals surface area contributed by atoms with Crippen molar-refractivity contribution < 1.29 is 19.1 Å². The number of ketones is 1. The van der Waals surface area contributed by atoms with E-state index < -0.39 is 12.0 Å². The van der Waals surface area contributed by atoms with Crippen LogP contribution in [0.25, 0.3) is 0 Å². The fourth-order valence-electron chi connectivity index (χ4n) is 3.92. The number of carbonyl (C=O) groups is 3. The highest BCUT2D eigenvalue weighted by Gasteiger charge is 2.38. The molecule has 1 aliphatic rings. The van der Waals surface area contributed by atoms with Crippen LogP contribution in [-0.2, 0) is 16.1 Å². The summed E-state index contributed by atoms with van der Waals surface area (Å²) in [6, 6.07) is -0.554. The predicted molar refractivity (Wildman–Crippen MR) is 113 cm³/mol. The minimum Gasteiger partial charge on any atom is -0.461 e. The molecule has 0 bridgehead atoms. The number of carbonyl (C=O) groups excluding carboxylic acids is 3. The number of amides is 1. The monoisotopic (exact) mass is 404 g/mol. The van der Waals surface area contributed by atoms with Gasteiger partial charge in [-0.3, -0.25) is 9.59 Å². The van der Waals surface area contributed by atoms with Crippen molar-refractivity contribution in [2.24, 2.45) is 11.8 Å². The van der Waals surface area contributed by atoms with Crippen LogP contribution in [0.5, 0.6) is 0 Å². The zero-order valence-electron chi connectivity index (χ0n) is 19.0. The fourth-order valence-corrected chi connectivity index (χ4v) is 3.92. The number of aromatic nitrogens is 1. The van der Waals surface area contributed by atoms with Crippen molar-refractivity contribution in [2.75, 3.05) is 13.2 Å². The van der Waals surface area contributed by atoms with E-state index in [1.165, 1.54) is 0 Å². The molecule has 162 valence electrons. The maximum absolute atomic E-state index is 13.5. The minimum atomic E-state index is -0.554. The summed E-state index contributed by atoms with van der Waals surface area (Å²) in [7, 11) is 0. The maximum Gasteiger partial charge on any atom is 0.355 e. The van der Waals surface area contributed by atoms with E-state index in [1.54, 1.807) is 18.7 Å². The van der Waals surface area contributed by atoms with Crippen LogP contribution in [0.15, 0.2) is 0 Å². The normalized spacial score (nSPS) is 14.8. The number of hydrogen-bond donors (Lipinski definition) is 0. The Hall–Kier alpha value is -2.11. The van der Waals surface area contributed by atoms with Gasteiger partial charge in [-0.1, -0.05) is 13.8 Å². The Bertz CT molecular complexity index is 774. The lowest BCUT2D eigenvalue weighted by Gasteiger charge is -2.29. The molecule has 0 radical (unpaired) electrons. The largest absolute Gasteiger partial charge is 0.461 e. The maximum atomic E-state index is 13.5. The molecule has 1 unspecified atom stereocenters. The second-order valence-corrected chi connectivity index (χ2v) is 8.43. The zero-order valence-corrected chi connectivity index (χ0v) is 19.0. The number of hydrogen-bond acceptors (Lipinski definition) is 4. The summed E-state index contributed by atoms with van der Waals surface area (Å²) in [6.07, 6.45) is 2.68. The first-order chi connectivity index (χ1) is 13.6. The molecule has 0 aliphatic heterocycles. The summed E-state index contributed by atoms with van der Waals surface area (Å²) in [5.74, 6) is 0.0898. The van der Waals surface area contributed by atoms with Crippen molar-refractivity contribution in [3.8, 4) is 0 Å². The van der Waals surface area contributed by atoms with Gasteiger partial charge in [0.1, 0.15) is 5.69 Å². The summed E-state index contributed by atoms with van der Waals surface area (Å²) < 4.78 is 7.06. The van der Waals surface area contributed by atoms with E-state index in [0.717, 1.165) is 25.0 Å². The highest BCUT2D eigenvalue weighted by atomic mass is 16.5. The summed E-state index contributed by atoms with van der Waals surface area (Å²) in [4.78, 5) is 40.7. The van der Waals surface area contributed by atoms with Crippen LogP contribution >= 0.6 is 0 Å². The molecule has 0 saturated heterocycles. The fraction of sp³-hybridized carbons (Fsp3) is 0.696. The molecule has 29 heavy (non-hydrogen) atoms. The van der Waals surface area contributed by atoms with Crippen LogP contribution in [-0.4, -0.2) is 46.3 Å². The molecule has 1 aromatic heterocycles. The molecule has 0 spiro atoms. The molecule has 0 N–H and O–H groups in total. The SMILES string of the molecule is CCOC(=O)c1c(C)c(C(=O)C(C)N(CCC(C)C)C(=O)C2CC2)c(C)n1CC. The lowest BCUT2D eigenvalue weighted by atomic mass is 9.99. The minimum absolute atomic E-state index is 0.0648. The van der Waals surface area contributed by atoms with Gasteiger partial charge in [0.25, 0.3) is 0 Å². The Kier molecular flexibility index (Phi) is 7.66. The van der Waals surface area contributed by atoms with Gasteiger partial charge in [-0.15, -0.1) is 0 Å². The first-order valence-corrected chi connectivity index (χ1v) is 10.9. The van der Waals surface area contributed by atoms with Crippen molar-refractivity contribution in [1.82, 2.24) is 9.47 Å². The molecule has 0 aromatic carbocycles. The number of esters is 1. The molecular weight excluding hydrogens is 368 g/mol. The lowest BCUT2D eigenvalue weighted by molar-refractivity contribution is -0.134. The third kappa shape index (κ3) is 4.90. The molecule has 1 atom stereocenters. The number of ether oxygens (including phenoxy) is 1. The van der Waals surface area contributed by atoms with Gasteiger partial charge in [-0.25, -0.2) is 4.79 Å². The summed E-state index contributed by atoms with van der Waals surface area (Å²) >= 11 is 0. The highest BCUT2D eigenvalue weighted by Crippen LogP contribution is 2.33. The van der Waals surface area contributed by atoms with E-state index in [9.17, 15) is 14.4 Å². The average Bonchev–Trinajstić information content (AvgIpc) is 3.46. The standard InChI is InChI=1S/C23H36N2O4/c1-8-24-16(6)19(15(5)20(24)23(28)29-9-2)21(26)17(7)25(13-12-14(3)4)22(27)18-10-11-18/h14,17-18H,8-13H2,1-7H3. The first-order valence-electron chi connectivity index (χ1n) is 10.9. The van der Waals surface area contributed by atoms with Gasteiger partial charge in [0.15, 0.2) is 5.78 Å². The molecule has 1 aliphatic carbocycles. The third-order valence-electron chi connectivity index (χ3n) is 5.80.